The summed E-state index contributed by atoms with van der Waals surface area (Å²) < 4.78 is 11.4. The second-order valence-corrected chi connectivity index (χ2v) is 12.8. The van der Waals surface area contributed by atoms with Gasteiger partial charge in [0.15, 0.2) is 0 Å². The van der Waals surface area contributed by atoms with Crippen LogP contribution in [-0.4, -0.2) is 85.3 Å². The van der Waals surface area contributed by atoms with E-state index in [0.717, 1.165) is 10.6 Å². The van der Waals surface area contributed by atoms with Crippen LogP contribution in [0.25, 0.3) is 0 Å². The Morgan fingerprint density at radius 2 is 1.72 bits per heavy atom. The monoisotopic (exact) mass is 645 g/mol. The van der Waals surface area contributed by atoms with Crippen molar-refractivity contribution in [3.63, 3.8) is 0 Å². The molecule has 256 valence electrons. The van der Waals surface area contributed by atoms with Crippen molar-refractivity contribution in [3.8, 4) is 0 Å². The molecule has 1 aromatic rings. The molecule has 13 nitrogen and oxygen atoms in total. The number of hydroxylamine groups is 2. The summed E-state index contributed by atoms with van der Waals surface area (Å²) in [6.45, 7) is 11.5. The summed E-state index contributed by atoms with van der Waals surface area (Å²) in [6, 6.07) is 6.25. The molecule has 2 unspecified atom stereocenters. The van der Waals surface area contributed by atoms with Crippen LogP contribution < -0.4 is 21.3 Å². The molecule has 1 aromatic carbocycles. The highest BCUT2D eigenvalue weighted by atomic mass is 16.7. The lowest BCUT2D eigenvalue weighted by molar-refractivity contribution is -0.162. The third-order valence-corrected chi connectivity index (χ3v) is 7.20. The number of hydrogen-bond acceptors (Lipinski definition) is 8. The van der Waals surface area contributed by atoms with E-state index >= 15 is 0 Å². The summed E-state index contributed by atoms with van der Waals surface area (Å²) in [5.74, 6) is -2.06. The van der Waals surface area contributed by atoms with Crippen LogP contribution in [0.2, 0.25) is 0 Å². The highest BCUT2D eigenvalue weighted by Gasteiger charge is 2.35. The lowest BCUT2D eigenvalue weighted by Gasteiger charge is -2.32. The molecule has 0 bridgehead atoms. The molecule has 0 radical (unpaired) electrons. The maximum absolute atomic E-state index is 13.7. The fourth-order valence-electron chi connectivity index (χ4n) is 4.92. The number of carbonyl (C=O) groups is 5. The summed E-state index contributed by atoms with van der Waals surface area (Å²) in [5.41, 5.74) is 0.142. The molecule has 1 fully saturated rings. The van der Waals surface area contributed by atoms with E-state index in [1.54, 1.807) is 6.92 Å². The van der Waals surface area contributed by atoms with Crippen molar-refractivity contribution in [1.29, 1.82) is 0 Å². The van der Waals surface area contributed by atoms with Crippen LogP contribution in [0, 0.1) is 11.8 Å². The second kappa shape index (κ2) is 18.2. The fraction of sp³-hybridized carbons (Fsp3) is 0.606. The SMILES string of the molecule is CON(C)C(=O)/C=C/[C@H](CC1CCNC1=O)NC(=O)[C@H](CC(C)C)NC(=O)[C@@H](NC(=O)OCc1ccccc1)C(C)OC(C)(C)C. The van der Waals surface area contributed by atoms with Gasteiger partial charge >= 0.3 is 6.09 Å². The third kappa shape index (κ3) is 13.6. The first kappa shape index (κ1) is 38.2. The zero-order valence-electron chi connectivity index (χ0n) is 28.3. The van der Waals surface area contributed by atoms with Crippen LogP contribution in [0.5, 0.6) is 0 Å². The predicted octanol–water partition coefficient (Wildman–Crippen LogP) is 2.60. The van der Waals surface area contributed by atoms with Crippen molar-refractivity contribution in [2.75, 3.05) is 20.7 Å². The van der Waals surface area contributed by atoms with Crippen molar-refractivity contribution in [2.45, 2.75) is 97.2 Å². The molecule has 0 spiro atoms. The van der Waals surface area contributed by atoms with Gasteiger partial charge in [-0.1, -0.05) is 50.3 Å². The fourth-order valence-corrected chi connectivity index (χ4v) is 4.92. The van der Waals surface area contributed by atoms with Gasteiger partial charge in [-0.3, -0.25) is 24.0 Å². The van der Waals surface area contributed by atoms with E-state index in [1.807, 2.05) is 65.0 Å². The van der Waals surface area contributed by atoms with Crippen LogP contribution in [0.3, 0.4) is 0 Å². The van der Waals surface area contributed by atoms with Crippen LogP contribution in [0.4, 0.5) is 4.79 Å². The average Bonchev–Trinajstić information content (AvgIpc) is 3.39. The predicted molar refractivity (Wildman–Crippen MR) is 172 cm³/mol. The van der Waals surface area contributed by atoms with Crippen molar-refractivity contribution in [1.82, 2.24) is 26.3 Å². The lowest BCUT2D eigenvalue weighted by atomic mass is 9.96. The molecule has 0 aromatic heterocycles. The second-order valence-electron chi connectivity index (χ2n) is 12.8. The van der Waals surface area contributed by atoms with E-state index in [2.05, 4.69) is 21.3 Å². The number of hydrogen-bond donors (Lipinski definition) is 4. The van der Waals surface area contributed by atoms with Gasteiger partial charge in [-0.25, -0.2) is 9.86 Å². The normalized spacial score (nSPS) is 17.5. The van der Waals surface area contributed by atoms with Crippen molar-refractivity contribution >= 4 is 29.7 Å². The Kier molecular flexibility index (Phi) is 15.2. The molecule has 1 aliphatic heterocycles. The molecule has 46 heavy (non-hydrogen) atoms. The zero-order chi connectivity index (χ0) is 34.4. The zero-order valence-corrected chi connectivity index (χ0v) is 28.3. The van der Waals surface area contributed by atoms with E-state index in [9.17, 15) is 24.0 Å². The van der Waals surface area contributed by atoms with Crippen LogP contribution in [0.15, 0.2) is 42.5 Å². The number of likely N-dealkylation sites (N-methyl/N-ethyl adjacent to an activating group) is 1. The summed E-state index contributed by atoms with van der Waals surface area (Å²) in [7, 11) is 2.80. The minimum absolute atomic E-state index is 0.00446. The van der Waals surface area contributed by atoms with Gasteiger partial charge in [0.05, 0.1) is 18.8 Å². The van der Waals surface area contributed by atoms with Crippen LogP contribution >= 0.6 is 0 Å². The number of amides is 5. The number of nitrogens with one attached hydrogen (secondary N) is 4. The number of benzene rings is 1. The first-order valence-corrected chi connectivity index (χ1v) is 15.6. The molecule has 1 heterocycles. The van der Waals surface area contributed by atoms with E-state index in [1.165, 1.54) is 26.3 Å². The highest BCUT2D eigenvalue weighted by Crippen LogP contribution is 2.18. The van der Waals surface area contributed by atoms with Gasteiger partial charge in [0, 0.05) is 31.6 Å². The number of rotatable bonds is 16. The Morgan fingerprint density at radius 3 is 2.28 bits per heavy atom. The van der Waals surface area contributed by atoms with Crippen molar-refractivity contribution < 1.29 is 38.3 Å². The summed E-state index contributed by atoms with van der Waals surface area (Å²) in [4.78, 5) is 69.8. The molecule has 2 rings (SSSR count). The first-order valence-electron chi connectivity index (χ1n) is 15.6. The maximum atomic E-state index is 13.7. The van der Waals surface area contributed by atoms with Gasteiger partial charge in [0.2, 0.25) is 17.7 Å². The maximum Gasteiger partial charge on any atom is 0.408 e. The van der Waals surface area contributed by atoms with Crippen molar-refractivity contribution in [3.05, 3.63) is 48.0 Å². The Labute approximate surface area is 272 Å². The number of carbonyl (C=O) groups excluding carboxylic acids is 5. The highest BCUT2D eigenvalue weighted by molar-refractivity contribution is 5.92. The Bertz CT molecular complexity index is 1200. The van der Waals surface area contributed by atoms with Gasteiger partial charge in [0.25, 0.3) is 5.91 Å². The third-order valence-electron chi connectivity index (χ3n) is 7.20. The van der Waals surface area contributed by atoms with Gasteiger partial charge < -0.3 is 30.7 Å². The summed E-state index contributed by atoms with van der Waals surface area (Å²) in [5, 5.41) is 12.1. The van der Waals surface area contributed by atoms with E-state index in [4.69, 9.17) is 14.3 Å². The Balaban J connectivity index is 2.24. The standard InChI is InChI=1S/C33H51N5O8/c1-21(2)18-26(30(41)35-25(14-15-27(39)38(7)44-8)19-24-16-17-34-29(24)40)36-31(42)28(22(3)46-33(4,5)6)37-32(43)45-20-23-12-10-9-11-13-23/h9-15,21-22,24-26,28H,16-20H2,1-8H3,(H,34,40)(H,35,41)(H,36,42)(H,37,43)/b15-14+/t22?,24?,25-,26+,28+/m1/s1. The lowest BCUT2D eigenvalue weighted by Crippen LogP contribution is -2.59. The molecule has 1 aliphatic rings. The van der Waals surface area contributed by atoms with Gasteiger partial charge in [-0.15, -0.1) is 0 Å². The molecular formula is C33H51N5O8. The molecule has 5 atom stereocenters. The van der Waals surface area contributed by atoms with Crippen LogP contribution in [-0.2, 0) is 40.1 Å². The Morgan fingerprint density at radius 1 is 1.04 bits per heavy atom. The van der Waals surface area contributed by atoms with E-state index in [-0.39, 0.29) is 37.2 Å². The molecule has 13 heteroatoms. The minimum atomic E-state index is -1.19. The number of ether oxygens (including phenoxy) is 2. The summed E-state index contributed by atoms with van der Waals surface area (Å²) >= 11 is 0. The molecular weight excluding hydrogens is 594 g/mol. The minimum Gasteiger partial charge on any atom is -0.445 e. The Hall–Kier alpha value is -3.97. The van der Waals surface area contributed by atoms with Crippen LogP contribution in [0.1, 0.15) is 66.4 Å². The van der Waals surface area contributed by atoms with E-state index in [0.29, 0.717) is 13.0 Å². The van der Waals surface area contributed by atoms with Crippen molar-refractivity contribution in [2.24, 2.45) is 11.8 Å². The smallest absolute Gasteiger partial charge is 0.408 e. The quantitative estimate of drug-likeness (QED) is 0.157. The van der Waals surface area contributed by atoms with Gasteiger partial charge in [-0.2, -0.15) is 0 Å². The first-order chi connectivity index (χ1) is 21.6. The molecule has 0 aliphatic carbocycles. The van der Waals surface area contributed by atoms with Gasteiger partial charge in [0.1, 0.15) is 18.7 Å². The number of alkyl carbamates (subject to hydrolysis) is 1. The van der Waals surface area contributed by atoms with Gasteiger partial charge in [-0.05, 0) is 58.4 Å². The largest absolute Gasteiger partial charge is 0.445 e. The number of nitrogens with zero attached hydrogens (tertiary/aromatic N) is 1. The molecule has 4 N–H and O–H groups in total. The molecule has 0 saturated carbocycles. The molecule has 5 amide bonds. The molecule has 1 saturated heterocycles. The average molecular weight is 646 g/mol. The van der Waals surface area contributed by atoms with E-state index < -0.39 is 53.6 Å². The summed E-state index contributed by atoms with van der Waals surface area (Å²) in [6.07, 6.45) is 2.32. The topological polar surface area (TPSA) is 164 Å².